The Balaban J connectivity index is 0.00000225. The average Bonchev–Trinajstić information content (AvgIpc) is 3.25. The van der Waals surface area contributed by atoms with Crippen molar-refractivity contribution in [3.8, 4) is 0 Å². The highest BCUT2D eigenvalue weighted by Gasteiger charge is 2.42. The fourth-order valence-corrected chi connectivity index (χ4v) is 4.39. The van der Waals surface area contributed by atoms with Gasteiger partial charge in [0.1, 0.15) is 0 Å². The summed E-state index contributed by atoms with van der Waals surface area (Å²) in [6, 6.07) is 9.62. The van der Waals surface area contributed by atoms with Crippen molar-refractivity contribution < 1.29 is 8.95 Å². The average molecular weight is 477 g/mol. The van der Waals surface area contributed by atoms with Gasteiger partial charge in [-0.05, 0) is 31.9 Å². The van der Waals surface area contributed by atoms with Crippen LogP contribution < -0.4 is 5.32 Å². The number of aliphatic imine (C=N–C) groups is 1. The van der Waals surface area contributed by atoms with Gasteiger partial charge >= 0.3 is 0 Å². The Labute approximate surface area is 170 Å². The number of guanidine groups is 1. The van der Waals surface area contributed by atoms with Crippen LogP contribution in [-0.4, -0.2) is 60.2 Å². The molecule has 25 heavy (non-hydrogen) atoms. The quantitative estimate of drug-likeness (QED) is 0.403. The summed E-state index contributed by atoms with van der Waals surface area (Å²) in [6.07, 6.45) is 2.33. The zero-order chi connectivity index (χ0) is 16.8. The number of ether oxygens (including phenoxy) is 1. The minimum absolute atomic E-state index is 0. The topological polar surface area (TPSA) is 53.9 Å². The first-order valence-electron chi connectivity index (χ1n) is 8.77. The molecule has 2 heterocycles. The van der Waals surface area contributed by atoms with E-state index in [9.17, 15) is 4.21 Å². The van der Waals surface area contributed by atoms with Gasteiger partial charge in [-0.25, -0.2) is 0 Å². The van der Waals surface area contributed by atoms with Crippen molar-refractivity contribution in [3.63, 3.8) is 0 Å². The van der Waals surface area contributed by atoms with Gasteiger partial charge in [-0.3, -0.25) is 9.20 Å². The summed E-state index contributed by atoms with van der Waals surface area (Å²) in [6.45, 7) is 7.31. The van der Waals surface area contributed by atoms with E-state index in [0.29, 0.717) is 17.7 Å². The molecule has 1 aromatic rings. The van der Waals surface area contributed by atoms with Crippen molar-refractivity contribution in [2.24, 2.45) is 10.4 Å². The number of halogens is 1. The number of benzene rings is 1. The maximum atomic E-state index is 12.3. The fourth-order valence-electron chi connectivity index (χ4n) is 3.44. The summed E-state index contributed by atoms with van der Waals surface area (Å²) in [4.78, 5) is 7.93. The molecule has 2 fully saturated rings. The van der Waals surface area contributed by atoms with Gasteiger partial charge in [-0.15, -0.1) is 24.0 Å². The van der Waals surface area contributed by atoms with Crippen molar-refractivity contribution in [1.82, 2.24) is 10.2 Å². The Hall–Kier alpha value is -0.670. The molecule has 2 aliphatic rings. The molecule has 0 radical (unpaired) electrons. The highest BCUT2D eigenvalue weighted by molar-refractivity contribution is 14.0. The maximum Gasteiger partial charge on any atom is 0.193 e. The van der Waals surface area contributed by atoms with Gasteiger partial charge < -0.3 is 15.0 Å². The van der Waals surface area contributed by atoms with Gasteiger partial charge in [0.2, 0.25) is 0 Å². The summed E-state index contributed by atoms with van der Waals surface area (Å²) >= 11 is 0. The van der Waals surface area contributed by atoms with Crippen LogP contribution >= 0.6 is 24.0 Å². The molecule has 0 saturated carbocycles. The molecule has 1 spiro atoms. The molecule has 0 bridgehead atoms. The Morgan fingerprint density at radius 2 is 2.16 bits per heavy atom. The van der Waals surface area contributed by atoms with E-state index in [1.165, 1.54) is 6.42 Å². The number of nitrogens with one attached hydrogen (secondary N) is 1. The second kappa shape index (κ2) is 9.87. The normalized spacial score (nSPS) is 24.4. The molecule has 2 saturated heterocycles. The predicted octanol–water partition coefficient (Wildman–Crippen LogP) is 2.49. The van der Waals surface area contributed by atoms with Crippen molar-refractivity contribution in [2.45, 2.75) is 24.7 Å². The number of nitrogens with zero attached hydrogens (tertiary/aromatic N) is 2. The van der Waals surface area contributed by atoms with Crippen LogP contribution in [0.2, 0.25) is 0 Å². The van der Waals surface area contributed by atoms with Crippen molar-refractivity contribution in [3.05, 3.63) is 30.3 Å². The number of hydrogen-bond acceptors (Lipinski definition) is 3. The minimum Gasteiger partial charge on any atom is -0.381 e. The van der Waals surface area contributed by atoms with Crippen LogP contribution in [0.3, 0.4) is 0 Å². The summed E-state index contributed by atoms with van der Waals surface area (Å²) < 4.78 is 17.9. The molecule has 2 atom stereocenters. The molecule has 5 nitrogen and oxygen atoms in total. The first-order valence-corrected chi connectivity index (χ1v) is 10.1. The second-order valence-corrected chi connectivity index (χ2v) is 8.14. The Morgan fingerprint density at radius 1 is 1.36 bits per heavy atom. The zero-order valence-electron chi connectivity index (χ0n) is 14.8. The predicted molar refractivity (Wildman–Crippen MR) is 113 cm³/mol. The van der Waals surface area contributed by atoms with Crippen LogP contribution in [-0.2, 0) is 15.5 Å². The lowest BCUT2D eigenvalue weighted by Crippen LogP contribution is -2.41. The summed E-state index contributed by atoms with van der Waals surface area (Å²) in [7, 11) is -0.987. The lowest BCUT2D eigenvalue weighted by molar-refractivity contribution is 0.156. The summed E-state index contributed by atoms with van der Waals surface area (Å²) in [5.74, 6) is 1.51. The highest BCUT2D eigenvalue weighted by Crippen LogP contribution is 2.38. The van der Waals surface area contributed by atoms with Gasteiger partial charge in [-0.2, -0.15) is 0 Å². The number of rotatable bonds is 5. The molecule has 0 amide bonds. The summed E-state index contributed by atoms with van der Waals surface area (Å²) in [5.41, 5.74) is 0.322. The first kappa shape index (κ1) is 20.6. The van der Waals surface area contributed by atoms with E-state index < -0.39 is 10.8 Å². The van der Waals surface area contributed by atoms with Gasteiger partial charge in [0.05, 0.1) is 24.0 Å². The SMILES string of the molecule is CCNC(=NCCS(=O)c1ccccc1)N1CCC2(CCOC2)C1.I. The molecule has 2 aliphatic heterocycles. The molecule has 140 valence electrons. The van der Waals surface area contributed by atoms with E-state index in [1.807, 2.05) is 30.3 Å². The number of hydrogen-bond donors (Lipinski definition) is 1. The molecule has 1 aromatic carbocycles. The third-order valence-electron chi connectivity index (χ3n) is 4.80. The molecule has 3 rings (SSSR count). The van der Waals surface area contributed by atoms with Gasteiger partial charge in [0.25, 0.3) is 0 Å². The van der Waals surface area contributed by atoms with E-state index in [-0.39, 0.29) is 24.0 Å². The van der Waals surface area contributed by atoms with E-state index >= 15 is 0 Å². The van der Waals surface area contributed by atoms with Crippen LogP contribution in [0.25, 0.3) is 0 Å². The van der Waals surface area contributed by atoms with Crippen molar-refractivity contribution >= 4 is 40.7 Å². The lowest BCUT2D eigenvalue weighted by atomic mass is 9.87. The Bertz CT molecular complexity index is 591. The Kier molecular flexibility index (Phi) is 8.15. The smallest absolute Gasteiger partial charge is 0.193 e. The van der Waals surface area contributed by atoms with E-state index in [4.69, 9.17) is 9.73 Å². The second-order valence-electron chi connectivity index (χ2n) is 6.57. The zero-order valence-corrected chi connectivity index (χ0v) is 17.9. The molecule has 0 aliphatic carbocycles. The standard InChI is InChI=1S/C18H27N3O2S.HI/c1-2-19-17(21-11-8-18(14-21)9-12-23-15-18)20-10-13-24(22)16-6-4-3-5-7-16;/h3-7H,2,8-15H2,1H3,(H,19,20);1H. The monoisotopic (exact) mass is 477 g/mol. The third-order valence-corrected chi connectivity index (χ3v) is 6.15. The Morgan fingerprint density at radius 3 is 2.84 bits per heavy atom. The van der Waals surface area contributed by atoms with Crippen LogP contribution in [0.1, 0.15) is 19.8 Å². The lowest BCUT2D eigenvalue weighted by Gasteiger charge is -2.24. The van der Waals surface area contributed by atoms with E-state index in [1.54, 1.807) is 0 Å². The van der Waals surface area contributed by atoms with Crippen molar-refractivity contribution in [1.29, 1.82) is 0 Å². The largest absolute Gasteiger partial charge is 0.381 e. The van der Waals surface area contributed by atoms with Gasteiger partial charge in [-0.1, -0.05) is 18.2 Å². The van der Waals surface area contributed by atoms with Gasteiger partial charge in [0.15, 0.2) is 5.96 Å². The minimum atomic E-state index is -0.987. The van der Waals surface area contributed by atoms with Crippen LogP contribution in [0, 0.1) is 5.41 Å². The van der Waals surface area contributed by atoms with E-state index in [0.717, 1.165) is 50.1 Å². The first-order chi connectivity index (χ1) is 11.7. The van der Waals surface area contributed by atoms with Crippen LogP contribution in [0.4, 0.5) is 0 Å². The molecule has 0 aromatic heterocycles. The molecule has 2 unspecified atom stereocenters. The van der Waals surface area contributed by atoms with Crippen molar-refractivity contribution in [2.75, 3.05) is 45.1 Å². The van der Waals surface area contributed by atoms with Crippen LogP contribution in [0.5, 0.6) is 0 Å². The van der Waals surface area contributed by atoms with Crippen LogP contribution in [0.15, 0.2) is 40.2 Å². The number of likely N-dealkylation sites (tertiary alicyclic amines) is 1. The molecular weight excluding hydrogens is 449 g/mol. The summed E-state index contributed by atoms with van der Waals surface area (Å²) in [5, 5.41) is 3.38. The molecule has 7 heteroatoms. The molecule has 1 N–H and O–H groups in total. The molecular formula is C18H28IN3O2S. The highest BCUT2D eigenvalue weighted by atomic mass is 127. The van der Waals surface area contributed by atoms with E-state index in [2.05, 4.69) is 17.1 Å². The third kappa shape index (κ3) is 5.40. The van der Waals surface area contributed by atoms with Gasteiger partial charge in [0, 0.05) is 42.3 Å². The fraction of sp³-hybridized carbons (Fsp3) is 0.611. The maximum absolute atomic E-state index is 12.3.